The number of nitrogens with zero attached hydrogens (tertiary/aromatic N) is 4. The summed E-state index contributed by atoms with van der Waals surface area (Å²) in [7, 11) is 0. The van der Waals surface area contributed by atoms with E-state index < -0.39 is 0 Å². The van der Waals surface area contributed by atoms with Crippen molar-refractivity contribution in [2.24, 2.45) is 5.41 Å². The number of H-pyrrole nitrogens is 1. The molecule has 0 saturated carbocycles. The molecule has 2 aromatic rings. The molecule has 102 valence electrons. The van der Waals surface area contributed by atoms with E-state index in [9.17, 15) is 0 Å². The van der Waals surface area contributed by atoms with Gasteiger partial charge in [-0.1, -0.05) is 32.1 Å². The van der Waals surface area contributed by atoms with Crippen molar-refractivity contribution >= 4 is 5.82 Å². The summed E-state index contributed by atoms with van der Waals surface area (Å²) >= 11 is 0. The van der Waals surface area contributed by atoms with E-state index in [1.165, 1.54) is 0 Å². The van der Waals surface area contributed by atoms with Crippen LogP contribution in [0, 0.1) is 5.41 Å². The molecule has 0 fully saturated rings. The molecule has 0 aliphatic carbocycles. The third-order valence-corrected chi connectivity index (χ3v) is 2.84. The summed E-state index contributed by atoms with van der Waals surface area (Å²) in [6.07, 6.45) is 3.75. The number of rotatable bonds is 5. The number of aromatic amines is 1. The highest BCUT2D eigenvalue weighted by Gasteiger charge is 2.20. The summed E-state index contributed by atoms with van der Waals surface area (Å²) in [5, 5.41) is 17.6. The molecule has 1 unspecified atom stereocenters. The lowest BCUT2D eigenvalue weighted by Gasteiger charge is -2.22. The predicted molar refractivity (Wildman–Crippen MR) is 73.5 cm³/mol. The maximum Gasteiger partial charge on any atom is 0.196 e. The molecule has 6 nitrogen and oxygen atoms in total. The molecule has 0 saturated heterocycles. The van der Waals surface area contributed by atoms with Crippen molar-refractivity contribution < 1.29 is 0 Å². The van der Waals surface area contributed by atoms with Gasteiger partial charge in [0, 0.05) is 6.20 Å². The standard InChI is InChI=1S/C13H20N6/c1-13(2,3)8-7-10(12-16-18-19-17-12)15-11-6-4-5-9-14-11/h4-6,9-10H,7-8H2,1-3H3,(H,14,15)(H,16,17,18,19). The molecule has 1 atom stereocenters. The van der Waals surface area contributed by atoms with Gasteiger partial charge in [0.15, 0.2) is 5.82 Å². The lowest BCUT2D eigenvalue weighted by Crippen LogP contribution is -2.16. The number of tetrazole rings is 1. The normalized spacial score (nSPS) is 13.2. The number of hydrogen-bond donors (Lipinski definition) is 2. The van der Waals surface area contributed by atoms with E-state index in [1.807, 2.05) is 18.2 Å². The van der Waals surface area contributed by atoms with E-state index in [2.05, 4.69) is 51.7 Å². The third-order valence-electron chi connectivity index (χ3n) is 2.84. The summed E-state index contributed by atoms with van der Waals surface area (Å²) in [5.41, 5.74) is 0.272. The number of nitrogens with one attached hydrogen (secondary N) is 2. The summed E-state index contributed by atoms with van der Waals surface area (Å²) in [6.45, 7) is 6.67. The maximum atomic E-state index is 4.28. The lowest BCUT2D eigenvalue weighted by molar-refractivity contribution is 0.351. The Balaban J connectivity index is 2.07. The molecule has 19 heavy (non-hydrogen) atoms. The van der Waals surface area contributed by atoms with Crippen LogP contribution in [0.1, 0.15) is 45.5 Å². The van der Waals surface area contributed by atoms with Crippen LogP contribution in [-0.4, -0.2) is 25.6 Å². The Morgan fingerprint density at radius 1 is 1.32 bits per heavy atom. The zero-order valence-electron chi connectivity index (χ0n) is 11.6. The molecule has 2 aromatic heterocycles. The molecule has 0 aliphatic rings. The van der Waals surface area contributed by atoms with Gasteiger partial charge in [0.05, 0.1) is 6.04 Å². The van der Waals surface area contributed by atoms with Gasteiger partial charge in [0.1, 0.15) is 5.82 Å². The predicted octanol–water partition coefficient (Wildman–Crippen LogP) is 2.57. The van der Waals surface area contributed by atoms with Gasteiger partial charge in [0.25, 0.3) is 0 Å². The SMILES string of the molecule is CC(C)(C)CCC(Nc1ccccn1)c1nn[nH]n1. The van der Waals surface area contributed by atoms with E-state index >= 15 is 0 Å². The van der Waals surface area contributed by atoms with Crippen LogP contribution in [0.3, 0.4) is 0 Å². The first-order valence-corrected chi connectivity index (χ1v) is 6.45. The molecule has 0 bridgehead atoms. The van der Waals surface area contributed by atoms with Gasteiger partial charge in [-0.15, -0.1) is 10.2 Å². The molecule has 2 N–H and O–H groups in total. The molecular weight excluding hydrogens is 240 g/mol. The Morgan fingerprint density at radius 3 is 2.74 bits per heavy atom. The van der Waals surface area contributed by atoms with Gasteiger partial charge in [-0.25, -0.2) is 4.98 Å². The van der Waals surface area contributed by atoms with E-state index in [-0.39, 0.29) is 11.5 Å². The third kappa shape index (κ3) is 4.31. The van der Waals surface area contributed by atoms with E-state index in [0.717, 1.165) is 18.7 Å². The average molecular weight is 260 g/mol. The van der Waals surface area contributed by atoms with Crippen LogP contribution in [0.25, 0.3) is 0 Å². The highest BCUT2D eigenvalue weighted by Crippen LogP contribution is 2.27. The molecule has 2 rings (SSSR count). The first-order chi connectivity index (χ1) is 9.04. The fourth-order valence-corrected chi connectivity index (χ4v) is 1.79. The Morgan fingerprint density at radius 2 is 2.16 bits per heavy atom. The fourth-order valence-electron chi connectivity index (χ4n) is 1.79. The zero-order valence-corrected chi connectivity index (χ0v) is 11.6. The van der Waals surface area contributed by atoms with Crippen molar-refractivity contribution in [2.75, 3.05) is 5.32 Å². The van der Waals surface area contributed by atoms with Crippen LogP contribution in [0.4, 0.5) is 5.82 Å². The Kier molecular flexibility index (Phi) is 4.09. The molecule has 6 heteroatoms. The molecule has 0 radical (unpaired) electrons. The van der Waals surface area contributed by atoms with Gasteiger partial charge in [0.2, 0.25) is 0 Å². The van der Waals surface area contributed by atoms with Gasteiger partial charge in [-0.2, -0.15) is 5.21 Å². The highest BCUT2D eigenvalue weighted by atomic mass is 15.5. The van der Waals surface area contributed by atoms with Gasteiger partial charge >= 0.3 is 0 Å². The van der Waals surface area contributed by atoms with Crippen LogP contribution in [0.2, 0.25) is 0 Å². The molecule has 0 spiro atoms. The van der Waals surface area contributed by atoms with Crippen molar-refractivity contribution in [3.05, 3.63) is 30.2 Å². The van der Waals surface area contributed by atoms with Crippen LogP contribution in [0.15, 0.2) is 24.4 Å². The Bertz CT molecular complexity index is 474. The summed E-state index contributed by atoms with van der Waals surface area (Å²) < 4.78 is 0. The topological polar surface area (TPSA) is 79.4 Å². The van der Waals surface area contributed by atoms with E-state index in [0.29, 0.717) is 5.82 Å². The fraction of sp³-hybridized carbons (Fsp3) is 0.538. The number of anilines is 1. The van der Waals surface area contributed by atoms with Crippen molar-refractivity contribution in [1.29, 1.82) is 0 Å². The average Bonchev–Trinajstić information content (AvgIpc) is 2.88. The largest absolute Gasteiger partial charge is 0.360 e. The van der Waals surface area contributed by atoms with Crippen LogP contribution >= 0.6 is 0 Å². The first kappa shape index (κ1) is 13.5. The van der Waals surface area contributed by atoms with Gasteiger partial charge in [-0.05, 0) is 30.4 Å². The van der Waals surface area contributed by atoms with Gasteiger partial charge < -0.3 is 5.32 Å². The van der Waals surface area contributed by atoms with E-state index in [1.54, 1.807) is 6.20 Å². The Labute approximate surface area is 113 Å². The molecule has 0 aromatic carbocycles. The van der Waals surface area contributed by atoms with Crippen LogP contribution in [-0.2, 0) is 0 Å². The molecular formula is C13H20N6. The monoisotopic (exact) mass is 260 g/mol. The minimum absolute atomic E-state index is 0.0212. The number of pyridine rings is 1. The quantitative estimate of drug-likeness (QED) is 0.863. The highest BCUT2D eigenvalue weighted by molar-refractivity contribution is 5.35. The molecule has 2 heterocycles. The van der Waals surface area contributed by atoms with E-state index in [4.69, 9.17) is 0 Å². The number of hydrogen-bond acceptors (Lipinski definition) is 5. The van der Waals surface area contributed by atoms with Crippen molar-refractivity contribution in [3.63, 3.8) is 0 Å². The van der Waals surface area contributed by atoms with Gasteiger partial charge in [-0.3, -0.25) is 0 Å². The molecule has 0 aliphatic heterocycles. The second-order valence-electron chi connectivity index (χ2n) is 5.78. The van der Waals surface area contributed by atoms with Crippen LogP contribution < -0.4 is 5.32 Å². The summed E-state index contributed by atoms with van der Waals surface area (Å²) in [5.74, 6) is 1.50. The molecule has 0 amide bonds. The Hall–Kier alpha value is -1.98. The minimum Gasteiger partial charge on any atom is -0.360 e. The summed E-state index contributed by atoms with van der Waals surface area (Å²) in [6, 6.07) is 5.80. The zero-order chi connectivity index (χ0) is 13.7. The van der Waals surface area contributed by atoms with Crippen molar-refractivity contribution in [2.45, 2.75) is 39.7 Å². The maximum absolute atomic E-state index is 4.28. The smallest absolute Gasteiger partial charge is 0.196 e. The number of aromatic nitrogens is 5. The summed E-state index contributed by atoms with van der Waals surface area (Å²) in [4.78, 5) is 4.28. The van der Waals surface area contributed by atoms with Crippen LogP contribution in [0.5, 0.6) is 0 Å². The minimum atomic E-state index is 0.0212. The second-order valence-corrected chi connectivity index (χ2v) is 5.78. The second kappa shape index (κ2) is 5.77. The van der Waals surface area contributed by atoms with Crippen molar-refractivity contribution in [3.8, 4) is 0 Å². The first-order valence-electron chi connectivity index (χ1n) is 6.45. The van der Waals surface area contributed by atoms with Crippen molar-refractivity contribution in [1.82, 2.24) is 25.6 Å². The lowest BCUT2D eigenvalue weighted by atomic mass is 9.88.